The Labute approximate surface area is 86.1 Å². The third-order valence-corrected chi connectivity index (χ3v) is 3.76. The second kappa shape index (κ2) is 4.04. The number of carboxylic acid groups (broad SMARTS) is 1. The third kappa shape index (κ3) is 1.92. The Kier molecular flexibility index (Phi) is 2.77. The summed E-state index contributed by atoms with van der Waals surface area (Å²) in [6.45, 7) is 0. The monoisotopic (exact) mass is 212 g/mol. The lowest BCUT2D eigenvalue weighted by atomic mass is 10.1. The first-order valence-corrected chi connectivity index (χ1v) is 5.72. The van der Waals surface area contributed by atoms with Crippen molar-refractivity contribution in [3.05, 3.63) is 17.5 Å². The van der Waals surface area contributed by atoms with E-state index < -0.39 is 5.97 Å². The van der Waals surface area contributed by atoms with E-state index in [2.05, 4.69) is 10.2 Å². The van der Waals surface area contributed by atoms with Crippen LogP contribution in [0.15, 0.2) is 6.07 Å². The average molecular weight is 212 g/mol. The fourth-order valence-corrected chi connectivity index (χ4v) is 2.89. The summed E-state index contributed by atoms with van der Waals surface area (Å²) >= 11 is 1.88. The van der Waals surface area contributed by atoms with Gasteiger partial charge in [0.05, 0.1) is 0 Å². The van der Waals surface area contributed by atoms with Gasteiger partial charge in [-0.25, -0.2) is 4.79 Å². The molecule has 2 N–H and O–H groups in total. The van der Waals surface area contributed by atoms with E-state index in [0.29, 0.717) is 5.25 Å². The fraction of sp³-hybridized carbons (Fsp3) is 0.556. The molecule has 1 saturated heterocycles. The van der Waals surface area contributed by atoms with Crippen LogP contribution in [0, 0.1) is 0 Å². The van der Waals surface area contributed by atoms with Crippen LogP contribution in [0.1, 0.15) is 40.7 Å². The maximum Gasteiger partial charge on any atom is 0.356 e. The summed E-state index contributed by atoms with van der Waals surface area (Å²) in [6.07, 6.45) is 3.60. The summed E-state index contributed by atoms with van der Waals surface area (Å²) < 4.78 is 0. The van der Waals surface area contributed by atoms with Gasteiger partial charge in [0, 0.05) is 10.9 Å². The zero-order chi connectivity index (χ0) is 9.97. The lowest BCUT2D eigenvalue weighted by Crippen LogP contribution is -2.02. The molecule has 4 nitrogen and oxygen atoms in total. The molecule has 0 saturated carbocycles. The molecule has 14 heavy (non-hydrogen) atoms. The number of aromatic carboxylic acids is 1. The predicted molar refractivity (Wildman–Crippen MR) is 54.6 cm³/mol. The number of carbonyl (C=O) groups is 1. The van der Waals surface area contributed by atoms with Crippen LogP contribution in [-0.2, 0) is 0 Å². The first-order valence-electron chi connectivity index (χ1n) is 4.67. The number of rotatable bonds is 2. The Balaban J connectivity index is 2.11. The van der Waals surface area contributed by atoms with Crippen molar-refractivity contribution in [2.75, 3.05) is 5.75 Å². The number of aromatic nitrogens is 2. The second-order valence-electron chi connectivity index (χ2n) is 3.37. The molecule has 0 aliphatic carbocycles. The van der Waals surface area contributed by atoms with Crippen LogP contribution in [0.5, 0.6) is 0 Å². The maximum absolute atomic E-state index is 10.6. The van der Waals surface area contributed by atoms with E-state index in [9.17, 15) is 4.79 Å². The summed E-state index contributed by atoms with van der Waals surface area (Å²) in [4.78, 5) is 10.6. The highest BCUT2D eigenvalue weighted by atomic mass is 32.2. The molecular formula is C9H12N2O2S. The first kappa shape index (κ1) is 9.58. The van der Waals surface area contributed by atoms with Crippen molar-refractivity contribution in [1.82, 2.24) is 10.2 Å². The Bertz CT molecular complexity index is 331. The van der Waals surface area contributed by atoms with Crippen LogP contribution in [0.25, 0.3) is 0 Å². The van der Waals surface area contributed by atoms with E-state index in [1.807, 2.05) is 11.8 Å². The third-order valence-electron chi connectivity index (χ3n) is 2.34. The summed E-state index contributed by atoms with van der Waals surface area (Å²) in [6, 6.07) is 1.64. The lowest BCUT2D eigenvalue weighted by molar-refractivity contribution is 0.0690. The minimum atomic E-state index is -0.965. The highest BCUT2D eigenvalue weighted by molar-refractivity contribution is 7.99. The largest absolute Gasteiger partial charge is 0.476 e. The van der Waals surface area contributed by atoms with Gasteiger partial charge in [-0.15, -0.1) is 0 Å². The molecule has 1 fully saturated rings. The molecule has 1 aliphatic rings. The molecule has 76 valence electrons. The minimum Gasteiger partial charge on any atom is -0.476 e. The molecule has 0 aromatic carbocycles. The number of H-pyrrole nitrogens is 1. The summed E-state index contributed by atoms with van der Waals surface area (Å²) in [5, 5.41) is 15.7. The predicted octanol–water partition coefficient (Wildman–Crippen LogP) is 2.07. The molecular weight excluding hydrogens is 200 g/mol. The molecule has 1 aromatic rings. The molecule has 1 aromatic heterocycles. The molecule has 2 heterocycles. The summed E-state index contributed by atoms with van der Waals surface area (Å²) in [7, 11) is 0. The van der Waals surface area contributed by atoms with E-state index >= 15 is 0 Å². The molecule has 0 bridgehead atoms. The van der Waals surface area contributed by atoms with Crippen molar-refractivity contribution in [3.63, 3.8) is 0 Å². The van der Waals surface area contributed by atoms with E-state index in [1.54, 1.807) is 6.07 Å². The summed E-state index contributed by atoms with van der Waals surface area (Å²) in [5.74, 6) is 0.194. The number of aromatic amines is 1. The number of thioether (sulfide) groups is 1. The number of carboxylic acids is 1. The Morgan fingerprint density at radius 2 is 2.50 bits per heavy atom. The van der Waals surface area contributed by atoms with Crippen molar-refractivity contribution in [2.45, 2.75) is 24.5 Å². The molecule has 2 rings (SSSR count). The first-order chi connectivity index (χ1) is 6.77. The van der Waals surface area contributed by atoms with Gasteiger partial charge < -0.3 is 5.11 Å². The molecule has 1 atom stereocenters. The van der Waals surface area contributed by atoms with Gasteiger partial charge in [0.25, 0.3) is 0 Å². The second-order valence-corrected chi connectivity index (χ2v) is 4.68. The highest BCUT2D eigenvalue weighted by Crippen LogP contribution is 2.37. The van der Waals surface area contributed by atoms with Crippen LogP contribution in [0.2, 0.25) is 0 Å². The van der Waals surface area contributed by atoms with Gasteiger partial charge in [0.1, 0.15) is 0 Å². The van der Waals surface area contributed by atoms with Gasteiger partial charge >= 0.3 is 5.97 Å². The van der Waals surface area contributed by atoms with Gasteiger partial charge in [-0.05, 0) is 24.7 Å². The van der Waals surface area contributed by atoms with Crippen LogP contribution < -0.4 is 0 Å². The molecule has 0 amide bonds. The van der Waals surface area contributed by atoms with Gasteiger partial charge in [-0.1, -0.05) is 6.42 Å². The molecule has 5 heteroatoms. The zero-order valence-corrected chi connectivity index (χ0v) is 8.51. The topological polar surface area (TPSA) is 66.0 Å². The van der Waals surface area contributed by atoms with E-state index in [1.165, 1.54) is 12.8 Å². The van der Waals surface area contributed by atoms with Crippen molar-refractivity contribution in [2.24, 2.45) is 0 Å². The number of nitrogens with one attached hydrogen (secondary N) is 1. The molecule has 1 aliphatic heterocycles. The van der Waals surface area contributed by atoms with Crippen molar-refractivity contribution < 1.29 is 9.90 Å². The number of nitrogens with zero attached hydrogens (tertiary/aromatic N) is 1. The Hall–Kier alpha value is -0.970. The SMILES string of the molecule is O=C(O)c1cc(C2CCCCS2)[nH]n1. The van der Waals surface area contributed by atoms with Gasteiger partial charge in [-0.2, -0.15) is 16.9 Å². The normalized spacial score (nSPS) is 22.1. The number of hydrogen-bond acceptors (Lipinski definition) is 3. The molecule has 0 radical (unpaired) electrons. The van der Waals surface area contributed by atoms with E-state index in [-0.39, 0.29) is 5.69 Å². The highest BCUT2D eigenvalue weighted by Gasteiger charge is 2.19. The van der Waals surface area contributed by atoms with Crippen LogP contribution in [-0.4, -0.2) is 27.0 Å². The van der Waals surface area contributed by atoms with Crippen molar-refractivity contribution in [1.29, 1.82) is 0 Å². The maximum atomic E-state index is 10.6. The van der Waals surface area contributed by atoms with Crippen molar-refractivity contribution >= 4 is 17.7 Å². The van der Waals surface area contributed by atoms with Crippen LogP contribution >= 0.6 is 11.8 Å². The van der Waals surface area contributed by atoms with Gasteiger partial charge in [-0.3, -0.25) is 5.10 Å². The van der Waals surface area contributed by atoms with Crippen LogP contribution in [0.4, 0.5) is 0 Å². The summed E-state index contributed by atoms with van der Waals surface area (Å²) in [5.41, 5.74) is 1.07. The molecule has 0 spiro atoms. The van der Waals surface area contributed by atoms with Gasteiger partial charge in [0.15, 0.2) is 5.69 Å². The van der Waals surface area contributed by atoms with Crippen LogP contribution in [0.3, 0.4) is 0 Å². The van der Waals surface area contributed by atoms with Crippen molar-refractivity contribution in [3.8, 4) is 0 Å². The van der Waals surface area contributed by atoms with Gasteiger partial charge in [0.2, 0.25) is 0 Å². The van der Waals surface area contributed by atoms with E-state index in [0.717, 1.165) is 17.9 Å². The smallest absolute Gasteiger partial charge is 0.356 e. The average Bonchev–Trinajstić information content (AvgIpc) is 2.68. The zero-order valence-electron chi connectivity index (χ0n) is 7.69. The Morgan fingerprint density at radius 1 is 1.64 bits per heavy atom. The number of hydrogen-bond donors (Lipinski definition) is 2. The minimum absolute atomic E-state index is 0.117. The fourth-order valence-electron chi connectivity index (χ4n) is 1.60. The lowest BCUT2D eigenvalue weighted by Gasteiger charge is -2.19. The standard InChI is InChI=1S/C9H12N2O2S/c12-9(13)7-5-6(10-11-7)8-3-1-2-4-14-8/h5,8H,1-4H2,(H,10,11)(H,12,13). The molecule has 1 unspecified atom stereocenters. The quantitative estimate of drug-likeness (QED) is 0.787. The van der Waals surface area contributed by atoms with E-state index in [4.69, 9.17) is 5.11 Å². The Morgan fingerprint density at radius 3 is 3.07 bits per heavy atom.